The summed E-state index contributed by atoms with van der Waals surface area (Å²) in [5.74, 6) is 0.459. The number of rotatable bonds is 10. The Morgan fingerprint density at radius 2 is 1.97 bits per heavy atom. The Balaban J connectivity index is 2.35. The highest BCUT2D eigenvalue weighted by Gasteiger charge is 2.36. The predicted molar refractivity (Wildman–Crippen MR) is 111 cm³/mol. The Hall–Kier alpha value is -3.05. The van der Waals surface area contributed by atoms with Crippen LogP contribution in [0.15, 0.2) is 35.5 Å². The van der Waals surface area contributed by atoms with Crippen molar-refractivity contribution in [3.63, 3.8) is 0 Å². The summed E-state index contributed by atoms with van der Waals surface area (Å²) in [5.41, 5.74) is 1.69. The highest BCUT2D eigenvalue weighted by atomic mass is 16.6. The molecule has 0 radical (unpaired) electrons. The summed E-state index contributed by atoms with van der Waals surface area (Å²) in [6.07, 6.45) is 0.812. The standard InChI is InChI=1S/C22H29N3O5/c1-15(2)9-11-25-16(3)19(21(26)30-14-13-28-4)20(24-22(25)27)17-5-7-18(8-6-17)29-12-10-23/h5-8,15,20H,9,11-14H2,1-4H3,(H,24,27)/t20-/m0/s1. The van der Waals surface area contributed by atoms with Crippen molar-refractivity contribution in [2.24, 2.45) is 5.92 Å². The zero-order valence-electron chi connectivity index (χ0n) is 17.9. The van der Waals surface area contributed by atoms with E-state index in [1.807, 2.05) is 6.07 Å². The van der Waals surface area contributed by atoms with Crippen LogP contribution in [0.3, 0.4) is 0 Å². The van der Waals surface area contributed by atoms with Crippen molar-refractivity contribution in [1.82, 2.24) is 10.2 Å². The molecule has 0 unspecified atom stereocenters. The van der Waals surface area contributed by atoms with Gasteiger partial charge in [-0.2, -0.15) is 5.26 Å². The first kappa shape index (κ1) is 23.2. The lowest BCUT2D eigenvalue weighted by Gasteiger charge is -2.35. The third-order valence-corrected chi connectivity index (χ3v) is 4.78. The van der Waals surface area contributed by atoms with Gasteiger partial charge in [-0.25, -0.2) is 9.59 Å². The molecule has 1 aliphatic rings. The first-order valence-electron chi connectivity index (χ1n) is 9.93. The van der Waals surface area contributed by atoms with Crippen molar-refractivity contribution in [2.45, 2.75) is 33.2 Å². The Morgan fingerprint density at radius 3 is 2.57 bits per heavy atom. The largest absolute Gasteiger partial charge is 0.479 e. The van der Waals surface area contributed by atoms with E-state index in [4.69, 9.17) is 19.5 Å². The molecule has 8 heteroatoms. The number of ether oxygens (including phenoxy) is 3. The predicted octanol–water partition coefficient (Wildman–Crippen LogP) is 3.16. The van der Waals surface area contributed by atoms with Crippen LogP contribution in [0.1, 0.15) is 38.8 Å². The van der Waals surface area contributed by atoms with Gasteiger partial charge in [-0.05, 0) is 37.0 Å². The normalized spacial score (nSPS) is 16.3. The van der Waals surface area contributed by atoms with E-state index in [1.54, 1.807) is 36.1 Å². The van der Waals surface area contributed by atoms with E-state index in [2.05, 4.69) is 19.2 Å². The summed E-state index contributed by atoms with van der Waals surface area (Å²) in [6.45, 7) is 6.80. The lowest BCUT2D eigenvalue weighted by molar-refractivity contribution is -0.140. The van der Waals surface area contributed by atoms with Crippen LogP contribution in [0.2, 0.25) is 0 Å². The van der Waals surface area contributed by atoms with E-state index in [0.717, 1.165) is 6.42 Å². The zero-order valence-corrected chi connectivity index (χ0v) is 17.9. The van der Waals surface area contributed by atoms with Gasteiger partial charge in [-0.3, -0.25) is 4.90 Å². The van der Waals surface area contributed by atoms with Gasteiger partial charge in [-0.1, -0.05) is 26.0 Å². The van der Waals surface area contributed by atoms with E-state index in [-0.39, 0.29) is 25.9 Å². The molecule has 1 heterocycles. The Morgan fingerprint density at radius 1 is 1.27 bits per heavy atom. The van der Waals surface area contributed by atoms with E-state index >= 15 is 0 Å². The number of carbonyl (C=O) groups excluding carboxylic acids is 2. The van der Waals surface area contributed by atoms with Crippen molar-refractivity contribution in [3.05, 3.63) is 41.1 Å². The molecule has 0 bridgehead atoms. The minimum absolute atomic E-state index is 0.0551. The molecule has 1 N–H and O–H groups in total. The minimum Gasteiger partial charge on any atom is -0.479 e. The summed E-state index contributed by atoms with van der Waals surface area (Å²) in [5, 5.41) is 11.6. The SMILES string of the molecule is COCCOC(=O)C1=C(C)N(CCC(C)C)C(=O)N[C@H]1c1ccc(OCC#N)cc1. The zero-order chi connectivity index (χ0) is 22.1. The van der Waals surface area contributed by atoms with Crippen molar-refractivity contribution >= 4 is 12.0 Å². The van der Waals surface area contributed by atoms with Gasteiger partial charge in [0.2, 0.25) is 0 Å². The average molecular weight is 415 g/mol. The number of benzene rings is 1. The molecular weight excluding hydrogens is 386 g/mol. The second kappa shape index (κ2) is 11.2. The van der Waals surface area contributed by atoms with Crippen molar-refractivity contribution in [3.8, 4) is 11.8 Å². The third-order valence-electron chi connectivity index (χ3n) is 4.78. The second-order valence-corrected chi connectivity index (χ2v) is 7.36. The quantitative estimate of drug-likeness (QED) is 0.465. The van der Waals surface area contributed by atoms with E-state index in [9.17, 15) is 9.59 Å². The number of amides is 2. The van der Waals surface area contributed by atoms with Gasteiger partial charge >= 0.3 is 12.0 Å². The van der Waals surface area contributed by atoms with Crippen LogP contribution >= 0.6 is 0 Å². The molecule has 0 aliphatic carbocycles. The molecule has 0 spiro atoms. The summed E-state index contributed by atoms with van der Waals surface area (Å²) < 4.78 is 15.6. The number of urea groups is 1. The average Bonchev–Trinajstić information content (AvgIpc) is 2.72. The lowest BCUT2D eigenvalue weighted by atomic mass is 9.94. The summed E-state index contributed by atoms with van der Waals surface area (Å²) >= 11 is 0. The highest BCUT2D eigenvalue weighted by molar-refractivity contribution is 5.95. The van der Waals surface area contributed by atoms with Gasteiger partial charge in [0.05, 0.1) is 18.2 Å². The van der Waals surface area contributed by atoms with E-state index in [0.29, 0.717) is 35.0 Å². The molecule has 1 aliphatic heterocycles. The number of methoxy groups -OCH3 is 1. The van der Waals surface area contributed by atoms with Crippen LogP contribution in [0.4, 0.5) is 4.79 Å². The van der Waals surface area contributed by atoms with Gasteiger partial charge in [0.1, 0.15) is 18.4 Å². The number of esters is 1. The third kappa shape index (κ3) is 5.97. The molecule has 2 amide bonds. The molecule has 1 aromatic rings. The fourth-order valence-electron chi connectivity index (χ4n) is 3.12. The van der Waals surface area contributed by atoms with Crippen LogP contribution in [0, 0.1) is 17.2 Å². The number of hydrogen-bond acceptors (Lipinski definition) is 6. The van der Waals surface area contributed by atoms with Gasteiger partial charge in [-0.15, -0.1) is 0 Å². The Bertz CT molecular complexity index is 811. The number of carbonyl (C=O) groups is 2. The number of nitrogens with one attached hydrogen (secondary N) is 1. The molecular formula is C22H29N3O5. The first-order valence-corrected chi connectivity index (χ1v) is 9.93. The number of nitriles is 1. The minimum atomic E-state index is -0.645. The summed E-state index contributed by atoms with van der Waals surface area (Å²) in [7, 11) is 1.53. The Kier molecular flexibility index (Phi) is 8.69. The van der Waals surface area contributed by atoms with E-state index < -0.39 is 12.0 Å². The number of nitrogens with zero attached hydrogens (tertiary/aromatic N) is 2. The van der Waals surface area contributed by atoms with Crippen molar-refractivity contribution in [1.29, 1.82) is 5.26 Å². The molecule has 8 nitrogen and oxygen atoms in total. The molecule has 30 heavy (non-hydrogen) atoms. The molecule has 162 valence electrons. The molecule has 0 saturated heterocycles. The molecule has 0 fully saturated rings. The Labute approximate surface area is 177 Å². The lowest BCUT2D eigenvalue weighted by Crippen LogP contribution is -2.48. The van der Waals surface area contributed by atoms with Crippen LogP contribution in [-0.2, 0) is 14.3 Å². The molecule has 1 aromatic carbocycles. The summed E-state index contributed by atoms with van der Waals surface area (Å²) in [4.78, 5) is 27.3. The van der Waals surface area contributed by atoms with Crippen LogP contribution in [-0.4, -0.2) is 50.4 Å². The van der Waals surface area contributed by atoms with Crippen molar-refractivity contribution < 1.29 is 23.8 Å². The number of hydrogen-bond donors (Lipinski definition) is 1. The van der Waals surface area contributed by atoms with Crippen LogP contribution in [0.5, 0.6) is 5.75 Å². The molecule has 0 saturated carbocycles. The first-order chi connectivity index (χ1) is 14.4. The maximum atomic E-state index is 12.9. The molecule has 2 rings (SSSR count). The highest BCUT2D eigenvalue weighted by Crippen LogP contribution is 2.32. The monoisotopic (exact) mass is 415 g/mol. The fourth-order valence-corrected chi connectivity index (χ4v) is 3.12. The maximum Gasteiger partial charge on any atom is 0.338 e. The van der Waals surface area contributed by atoms with Gasteiger partial charge in [0.25, 0.3) is 0 Å². The maximum absolute atomic E-state index is 12.9. The van der Waals surface area contributed by atoms with Crippen molar-refractivity contribution in [2.75, 3.05) is 33.5 Å². The van der Waals surface area contributed by atoms with Gasteiger partial charge in [0.15, 0.2) is 6.61 Å². The smallest absolute Gasteiger partial charge is 0.338 e. The van der Waals surface area contributed by atoms with E-state index in [1.165, 1.54) is 7.11 Å². The van der Waals surface area contributed by atoms with Gasteiger partial charge in [0, 0.05) is 19.4 Å². The number of allylic oxidation sites excluding steroid dienone is 1. The second-order valence-electron chi connectivity index (χ2n) is 7.36. The molecule has 0 aromatic heterocycles. The van der Waals surface area contributed by atoms with Crippen LogP contribution in [0.25, 0.3) is 0 Å². The fraction of sp³-hybridized carbons (Fsp3) is 0.500. The van der Waals surface area contributed by atoms with Crippen LogP contribution < -0.4 is 10.1 Å². The van der Waals surface area contributed by atoms with Gasteiger partial charge < -0.3 is 19.5 Å². The molecule has 1 atom stereocenters. The topological polar surface area (TPSA) is 101 Å². The summed E-state index contributed by atoms with van der Waals surface area (Å²) in [6, 6.07) is 7.94.